The van der Waals surface area contributed by atoms with Gasteiger partial charge in [-0.2, -0.15) is 0 Å². The fraction of sp³-hybridized carbons (Fsp3) is 0.118. The Morgan fingerprint density at radius 1 is 1.25 bits per heavy atom. The monoisotopic (exact) mass is 326 g/mol. The van der Waals surface area contributed by atoms with Crippen LogP contribution in [-0.4, -0.2) is 20.4 Å². The molecule has 120 valence electrons. The van der Waals surface area contributed by atoms with Crippen molar-refractivity contribution in [2.24, 2.45) is 0 Å². The summed E-state index contributed by atoms with van der Waals surface area (Å²) in [4.78, 5) is 20.5. The number of pyridine rings is 1. The summed E-state index contributed by atoms with van der Waals surface area (Å²) in [5.41, 5.74) is 1.53. The standard InChI is InChI=1S/C17H12F2N4O/c18-10-3-4-12(14(19)6-10)13-7-15(24)22-17-16(13)21-9-23(17)11-2-1-5-20-8-11/h1-6,8-9,13H,7H2,(H,22,24)/t13-/m1/s1. The molecule has 3 aromatic rings. The van der Waals surface area contributed by atoms with E-state index in [0.717, 1.165) is 11.8 Å². The summed E-state index contributed by atoms with van der Waals surface area (Å²) in [7, 11) is 0. The van der Waals surface area contributed by atoms with Crippen LogP contribution in [0.3, 0.4) is 0 Å². The van der Waals surface area contributed by atoms with E-state index in [1.54, 1.807) is 29.4 Å². The topological polar surface area (TPSA) is 59.8 Å². The van der Waals surface area contributed by atoms with E-state index in [2.05, 4.69) is 15.3 Å². The van der Waals surface area contributed by atoms with Crippen molar-refractivity contribution >= 4 is 11.7 Å². The van der Waals surface area contributed by atoms with E-state index in [1.165, 1.54) is 12.1 Å². The Balaban J connectivity index is 1.84. The van der Waals surface area contributed by atoms with Crippen LogP contribution in [0.25, 0.3) is 5.69 Å². The number of anilines is 1. The first-order valence-electron chi connectivity index (χ1n) is 7.36. The van der Waals surface area contributed by atoms with Gasteiger partial charge in [0.1, 0.15) is 23.8 Å². The number of carbonyl (C=O) groups excluding carboxylic acids is 1. The van der Waals surface area contributed by atoms with Crippen LogP contribution in [-0.2, 0) is 4.79 Å². The highest BCUT2D eigenvalue weighted by molar-refractivity contribution is 5.94. The maximum Gasteiger partial charge on any atom is 0.226 e. The molecule has 0 aliphatic carbocycles. The number of hydrogen-bond acceptors (Lipinski definition) is 3. The van der Waals surface area contributed by atoms with Crippen LogP contribution in [0, 0.1) is 11.6 Å². The Hall–Kier alpha value is -3.09. The summed E-state index contributed by atoms with van der Waals surface area (Å²) < 4.78 is 29.0. The van der Waals surface area contributed by atoms with E-state index in [9.17, 15) is 13.6 Å². The summed E-state index contributed by atoms with van der Waals surface area (Å²) in [6.07, 6.45) is 4.89. The number of nitrogens with zero attached hydrogens (tertiary/aromatic N) is 3. The second-order valence-electron chi connectivity index (χ2n) is 5.53. The highest BCUT2D eigenvalue weighted by atomic mass is 19.1. The smallest absolute Gasteiger partial charge is 0.226 e. The molecule has 1 aliphatic rings. The molecule has 0 spiro atoms. The van der Waals surface area contributed by atoms with Crippen molar-refractivity contribution < 1.29 is 13.6 Å². The molecule has 1 atom stereocenters. The van der Waals surface area contributed by atoms with Crippen LogP contribution in [0.15, 0.2) is 49.1 Å². The molecule has 1 aromatic carbocycles. The zero-order valence-corrected chi connectivity index (χ0v) is 12.4. The summed E-state index contributed by atoms with van der Waals surface area (Å²) >= 11 is 0. The normalized spacial score (nSPS) is 16.6. The molecule has 2 aromatic heterocycles. The van der Waals surface area contributed by atoms with Crippen LogP contribution < -0.4 is 5.32 Å². The number of rotatable bonds is 2. The summed E-state index contributed by atoms with van der Waals surface area (Å²) in [6.45, 7) is 0. The van der Waals surface area contributed by atoms with Crippen molar-refractivity contribution in [2.75, 3.05) is 5.32 Å². The third-order valence-corrected chi connectivity index (χ3v) is 4.04. The minimum Gasteiger partial charge on any atom is -0.310 e. The zero-order chi connectivity index (χ0) is 16.7. The molecule has 0 unspecified atom stereocenters. The number of nitrogens with one attached hydrogen (secondary N) is 1. The lowest BCUT2D eigenvalue weighted by atomic mass is 9.89. The van der Waals surface area contributed by atoms with Crippen molar-refractivity contribution in [1.82, 2.24) is 14.5 Å². The van der Waals surface area contributed by atoms with Gasteiger partial charge in [-0.05, 0) is 23.8 Å². The first-order chi connectivity index (χ1) is 11.6. The second kappa shape index (κ2) is 5.52. The molecule has 0 radical (unpaired) electrons. The lowest BCUT2D eigenvalue weighted by Gasteiger charge is -2.23. The van der Waals surface area contributed by atoms with E-state index in [-0.39, 0.29) is 17.9 Å². The molecule has 5 nitrogen and oxygen atoms in total. The van der Waals surface area contributed by atoms with E-state index in [1.807, 2.05) is 6.07 Å². The highest BCUT2D eigenvalue weighted by Crippen LogP contribution is 2.38. The fourth-order valence-corrected chi connectivity index (χ4v) is 2.94. The highest BCUT2D eigenvalue weighted by Gasteiger charge is 2.32. The Kier molecular flexibility index (Phi) is 3.34. The SMILES string of the molecule is O=C1C[C@H](c2ccc(F)cc2F)c2ncn(-c3cccnc3)c2N1. The van der Waals surface area contributed by atoms with Crippen molar-refractivity contribution in [3.63, 3.8) is 0 Å². The van der Waals surface area contributed by atoms with Gasteiger partial charge in [0.2, 0.25) is 5.91 Å². The van der Waals surface area contributed by atoms with Crippen molar-refractivity contribution in [1.29, 1.82) is 0 Å². The van der Waals surface area contributed by atoms with Crippen LogP contribution in [0.4, 0.5) is 14.6 Å². The average molecular weight is 326 g/mol. The molecule has 1 amide bonds. The molecule has 0 bridgehead atoms. The quantitative estimate of drug-likeness (QED) is 0.787. The first kappa shape index (κ1) is 14.5. The van der Waals surface area contributed by atoms with Crippen LogP contribution in [0.2, 0.25) is 0 Å². The number of carbonyl (C=O) groups is 1. The van der Waals surface area contributed by atoms with Gasteiger partial charge < -0.3 is 5.32 Å². The summed E-state index contributed by atoms with van der Waals surface area (Å²) in [5, 5.41) is 2.77. The third-order valence-electron chi connectivity index (χ3n) is 4.04. The second-order valence-corrected chi connectivity index (χ2v) is 5.53. The minimum absolute atomic E-state index is 0.0552. The van der Waals surface area contributed by atoms with E-state index in [0.29, 0.717) is 11.5 Å². The van der Waals surface area contributed by atoms with Crippen molar-refractivity contribution in [2.45, 2.75) is 12.3 Å². The average Bonchev–Trinajstić information content (AvgIpc) is 2.99. The van der Waals surface area contributed by atoms with Gasteiger partial charge in [-0.3, -0.25) is 14.3 Å². The van der Waals surface area contributed by atoms with Gasteiger partial charge in [-0.25, -0.2) is 13.8 Å². The molecule has 0 saturated carbocycles. The Morgan fingerprint density at radius 3 is 2.88 bits per heavy atom. The maximum atomic E-state index is 14.2. The lowest BCUT2D eigenvalue weighted by Crippen LogP contribution is -2.25. The van der Waals surface area contributed by atoms with Gasteiger partial charge in [0.05, 0.1) is 17.6 Å². The van der Waals surface area contributed by atoms with Gasteiger partial charge in [-0.1, -0.05) is 6.07 Å². The Morgan fingerprint density at radius 2 is 2.12 bits per heavy atom. The third kappa shape index (κ3) is 2.34. The van der Waals surface area contributed by atoms with E-state index in [4.69, 9.17) is 0 Å². The van der Waals surface area contributed by atoms with Crippen LogP contribution >= 0.6 is 0 Å². The molecule has 24 heavy (non-hydrogen) atoms. The zero-order valence-electron chi connectivity index (χ0n) is 12.4. The molecule has 1 N–H and O–H groups in total. The number of hydrogen-bond donors (Lipinski definition) is 1. The fourth-order valence-electron chi connectivity index (χ4n) is 2.94. The predicted octanol–water partition coefficient (Wildman–Crippen LogP) is 3.02. The maximum absolute atomic E-state index is 14.2. The predicted molar refractivity (Wildman–Crippen MR) is 82.8 cm³/mol. The first-order valence-corrected chi connectivity index (χ1v) is 7.36. The van der Waals surface area contributed by atoms with Gasteiger partial charge in [0.25, 0.3) is 0 Å². The van der Waals surface area contributed by atoms with Gasteiger partial charge in [-0.15, -0.1) is 0 Å². The number of imidazole rings is 1. The lowest BCUT2D eigenvalue weighted by molar-refractivity contribution is -0.116. The van der Waals surface area contributed by atoms with Gasteiger partial charge >= 0.3 is 0 Å². The number of amides is 1. The molecular weight excluding hydrogens is 314 g/mol. The van der Waals surface area contributed by atoms with Gasteiger partial charge in [0, 0.05) is 24.6 Å². The number of benzene rings is 1. The molecular formula is C17H12F2N4O. The van der Waals surface area contributed by atoms with Crippen molar-refractivity contribution in [3.05, 3.63) is 71.9 Å². The molecule has 1 aliphatic heterocycles. The largest absolute Gasteiger partial charge is 0.310 e. The van der Waals surface area contributed by atoms with Gasteiger partial charge in [0.15, 0.2) is 0 Å². The molecule has 0 saturated heterocycles. The summed E-state index contributed by atoms with van der Waals surface area (Å²) in [6, 6.07) is 6.95. The summed E-state index contributed by atoms with van der Waals surface area (Å²) in [5.74, 6) is -1.67. The van der Waals surface area contributed by atoms with Crippen LogP contribution in [0.5, 0.6) is 0 Å². The number of fused-ring (bicyclic) bond motifs is 1. The number of aromatic nitrogens is 3. The number of halogens is 2. The van der Waals surface area contributed by atoms with Crippen LogP contribution in [0.1, 0.15) is 23.6 Å². The molecule has 3 heterocycles. The van der Waals surface area contributed by atoms with E-state index < -0.39 is 17.6 Å². The Bertz CT molecular complexity index is 924. The molecule has 0 fully saturated rings. The minimum atomic E-state index is -0.684. The van der Waals surface area contributed by atoms with Crippen molar-refractivity contribution in [3.8, 4) is 5.69 Å². The molecule has 4 rings (SSSR count). The Labute approximate surface area is 136 Å². The molecule has 7 heteroatoms. The van der Waals surface area contributed by atoms with E-state index >= 15 is 0 Å².